The average Bonchev–Trinajstić information content (AvgIpc) is 2.88. The van der Waals surface area contributed by atoms with Crippen molar-refractivity contribution in [3.05, 3.63) is 49.0 Å². The number of nitriles is 1. The van der Waals surface area contributed by atoms with Crippen molar-refractivity contribution in [2.45, 2.75) is 6.42 Å². The topological polar surface area (TPSA) is 93.0 Å². The summed E-state index contributed by atoms with van der Waals surface area (Å²) >= 11 is 3.21. The maximum Gasteiger partial charge on any atom is 0.332 e. The van der Waals surface area contributed by atoms with Gasteiger partial charge in [-0.2, -0.15) is 5.26 Å². The van der Waals surface area contributed by atoms with Crippen molar-refractivity contribution in [2.75, 3.05) is 11.9 Å². The van der Waals surface area contributed by atoms with Crippen LogP contribution in [0.2, 0.25) is 0 Å². The van der Waals surface area contributed by atoms with E-state index in [0.29, 0.717) is 17.6 Å². The van der Waals surface area contributed by atoms with Gasteiger partial charge in [0.25, 0.3) is 5.56 Å². The van der Waals surface area contributed by atoms with Gasteiger partial charge in [-0.25, -0.2) is 4.79 Å². The standard InChI is InChI=1S/C13H13BrN4O3/c1-17-11(9(7-15)12(19)18(2)13(17)20)16-6-5-8-3-4-10(14)21-8/h3-4,16H,5-6H2,1-2H3. The molecule has 2 aromatic rings. The SMILES string of the molecule is Cn1c(NCCc2ccc(Br)o2)c(C#N)c(=O)n(C)c1=O. The molecule has 0 spiro atoms. The number of aromatic nitrogens is 2. The first-order valence-electron chi connectivity index (χ1n) is 6.14. The second kappa shape index (κ2) is 6.01. The minimum Gasteiger partial charge on any atom is -0.454 e. The summed E-state index contributed by atoms with van der Waals surface area (Å²) in [6.07, 6.45) is 0.555. The van der Waals surface area contributed by atoms with Gasteiger partial charge in [0.2, 0.25) is 0 Å². The molecule has 1 N–H and O–H groups in total. The van der Waals surface area contributed by atoms with E-state index in [9.17, 15) is 9.59 Å². The summed E-state index contributed by atoms with van der Waals surface area (Å²) < 4.78 is 8.15. The fourth-order valence-electron chi connectivity index (χ4n) is 1.94. The van der Waals surface area contributed by atoms with E-state index < -0.39 is 11.2 Å². The van der Waals surface area contributed by atoms with Crippen LogP contribution in [-0.4, -0.2) is 15.7 Å². The lowest BCUT2D eigenvalue weighted by Gasteiger charge is -2.13. The molecule has 0 bridgehead atoms. The zero-order valence-corrected chi connectivity index (χ0v) is 13.1. The van der Waals surface area contributed by atoms with Gasteiger partial charge < -0.3 is 9.73 Å². The van der Waals surface area contributed by atoms with Crippen molar-refractivity contribution in [3.8, 4) is 6.07 Å². The molecular weight excluding hydrogens is 340 g/mol. The summed E-state index contributed by atoms with van der Waals surface area (Å²) in [4.78, 5) is 23.8. The number of furan rings is 1. The van der Waals surface area contributed by atoms with E-state index in [1.807, 2.05) is 12.1 Å². The first kappa shape index (κ1) is 15.1. The predicted molar refractivity (Wildman–Crippen MR) is 80.2 cm³/mol. The van der Waals surface area contributed by atoms with Crippen LogP contribution in [0.25, 0.3) is 0 Å². The lowest BCUT2D eigenvalue weighted by atomic mass is 10.3. The number of rotatable bonds is 4. The van der Waals surface area contributed by atoms with E-state index in [1.165, 1.54) is 18.7 Å². The van der Waals surface area contributed by atoms with E-state index in [0.717, 1.165) is 10.3 Å². The molecule has 0 aliphatic carbocycles. The highest BCUT2D eigenvalue weighted by Gasteiger charge is 2.14. The van der Waals surface area contributed by atoms with Gasteiger partial charge in [0.05, 0.1) is 0 Å². The smallest absolute Gasteiger partial charge is 0.332 e. The Labute approximate surface area is 128 Å². The largest absolute Gasteiger partial charge is 0.454 e. The van der Waals surface area contributed by atoms with Crippen LogP contribution in [0.1, 0.15) is 11.3 Å². The molecular formula is C13H13BrN4O3. The van der Waals surface area contributed by atoms with Crippen molar-refractivity contribution >= 4 is 21.7 Å². The number of nitrogens with zero attached hydrogens (tertiary/aromatic N) is 3. The highest BCUT2D eigenvalue weighted by molar-refractivity contribution is 9.10. The van der Waals surface area contributed by atoms with Crippen molar-refractivity contribution in [1.29, 1.82) is 5.26 Å². The molecule has 0 aliphatic heterocycles. The minimum atomic E-state index is -0.608. The molecule has 0 fully saturated rings. The lowest BCUT2D eigenvalue weighted by molar-refractivity contribution is 0.490. The molecule has 0 saturated heterocycles. The third-order valence-electron chi connectivity index (χ3n) is 3.07. The molecule has 110 valence electrons. The molecule has 7 nitrogen and oxygen atoms in total. The van der Waals surface area contributed by atoms with Crippen LogP contribution in [0.4, 0.5) is 5.82 Å². The number of halogens is 1. The quantitative estimate of drug-likeness (QED) is 0.884. The third-order valence-corrected chi connectivity index (χ3v) is 3.50. The Hall–Kier alpha value is -2.27. The third kappa shape index (κ3) is 2.92. The predicted octanol–water partition coefficient (Wildman–Crippen LogP) is 0.966. The second-order valence-corrected chi connectivity index (χ2v) is 5.21. The van der Waals surface area contributed by atoms with Gasteiger partial charge in [0.1, 0.15) is 17.6 Å². The highest BCUT2D eigenvalue weighted by atomic mass is 79.9. The van der Waals surface area contributed by atoms with Crippen molar-refractivity contribution in [2.24, 2.45) is 14.1 Å². The van der Waals surface area contributed by atoms with Crippen LogP contribution in [0.15, 0.2) is 30.8 Å². The summed E-state index contributed by atoms with van der Waals surface area (Å²) in [5, 5.41) is 12.1. The molecule has 0 saturated carbocycles. The molecule has 0 aromatic carbocycles. The second-order valence-electron chi connectivity index (χ2n) is 4.42. The van der Waals surface area contributed by atoms with Crippen molar-refractivity contribution in [3.63, 3.8) is 0 Å². The monoisotopic (exact) mass is 352 g/mol. The van der Waals surface area contributed by atoms with Crippen LogP contribution in [0.5, 0.6) is 0 Å². The van der Waals surface area contributed by atoms with Gasteiger partial charge in [-0.1, -0.05) is 0 Å². The molecule has 0 unspecified atom stereocenters. The number of nitrogens with one attached hydrogen (secondary N) is 1. The fraction of sp³-hybridized carbons (Fsp3) is 0.308. The van der Waals surface area contributed by atoms with Crippen LogP contribution in [-0.2, 0) is 20.5 Å². The first-order valence-corrected chi connectivity index (χ1v) is 6.93. The summed E-state index contributed by atoms with van der Waals surface area (Å²) in [5.41, 5.74) is -1.17. The van der Waals surface area contributed by atoms with Gasteiger partial charge in [-0.3, -0.25) is 13.9 Å². The highest BCUT2D eigenvalue weighted by Crippen LogP contribution is 2.14. The average molecular weight is 353 g/mol. The molecule has 21 heavy (non-hydrogen) atoms. The Bertz CT molecular complexity index is 825. The maximum absolute atomic E-state index is 11.9. The number of hydrogen-bond donors (Lipinski definition) is 1. The van der Waals surface area contributed by atoms with E-state index in [-0.39, 0.29) is 11.4 Å². The van der Waals surface area contributed by atoms with E-state index in [4.69, 9.17) is 9.68 Å². The Morgan fingerprint density at radius 1 is 1.33 bits per heavy atom. The molecule has 0 radical (unpaired) electrons. The fourth-order valence-corrected chi connectivity index (χ4v) is 2.28. The van der Waals surface area contributed by atoms with Crippen molar-refractivity contribution in [1.82, 2.24) is 9.13 Å². The molecule has 2 aromatic heterocycles. The van der Waals surface area contributed by atoms with Gasteiger partial charge in [0.15, 0.2) is 10.2 Å². The summed E-state index contributed by atoms with van der Waals surface area (Å²) in [5.74, 6) is 0.970. The van der Waals surface area contributed by atoms with Crippen LogP contribution in [0.3, 0.4) is 0 Å². The molecule has 0 atom stereocenters. The van der Waals surface area contributed by atoms with E-state index in [2.05, 4.69) is 21.2 Å². The lowest BCUT2D eigenvalue weighted by Crippen LogP contribution is -2.40. The van der Waals surface area contributed by atoms with Crippen LogP contribution < -0.4 is 16.6 Å². The maximum atomic E-state index is 11.9. The molecule has 0 aliphatic rings. The Balaban J connectivity index is 2.26. The number of anilines is 1. The number of hydrogen-bond acceptors (Lipinski definition) is 5. The first-order chi connectivity index (χ1) is 9.95. The Kier molecular flexibility index (Phi) is 4.33. The van der Waals surface area contributed by atoms with Crippen LogP contribution >= 0.6 is 15.9 Å². The minimum absolute atomic E-state index is 0.0831. The van der Waals surface area contributed by atoms with Crippen molar-refractivity contribution < 1.29 is 4.42 Å². The van der Waals surface area contributed by atoms with E-state index >= 15 is 0 Å². The van der Waals surface area contributed by atoms with Crippen LogP contribution in [0, 0.1) is 11.3 Å². The molecule has 2 heterocycles. The normalized spacial score (nSPS) is 10.4. The molecule has 2 rings (SSSR count). The van der Waals surface area contributed by atoms with Gasteiger partial charge in [0, 0.05) is 27.1 Å². The molecule has 8 heteroatoms. The zero-order valence-electron chi connectivity index (χ0n) is 11.5. The Morgan fingerprint density at radius 3 is 2.62 bits per heavy atom. The summed E-state index contributed by atoms with van der Waals surface area (Å²) in [7, 11) is 2.85. The van der Waals surface area contributed by atoms with E-state index in [1.54, 1.807) is 6.07 Å². The summed E-state index contributed by atoms with van der Waals surface area (Å²) in [6, 6.07) is 5.44. The van der Waals surface area contributed by atoms with Gasteiger partial charge >= 0.3 is 5.69 Å². The molecule has 0 amide bonds. The van der Waals surface area contributed by atoms with Gasteiger partial charge in [-0.05, 0) is 28.1 Å². The van der Waals surface area contributed by atoms with Gasteiger partial charge in [-0.15, -0.1) is 0 Å². The summed E-state index contributed by atoms with van der Waals surface area (Å²) in [6.45, 7) is 0.426. The zero-order chi connectivity index (χ0) is 15.6. The Morgan fingerprint density at radius 2 is 2.05 bits per heavy atom.